The van der Waals surface area contributed by atoms with Gasteiger partial charge in [-0.2, -0.15) is 8.42 Å². The van der Waals surface area contributed by atoms with Crippen molar-refractivity contribution in [3.8, 4) is 0 Å². The molecule has 0 amide bonds. The Morgan fingerprint density at radius 3 is 2.08 bits per heavy atom. The van der Waals surface area contributed by atoms with Gasteiger partial charge in [-0.25, -0.2) is 0 Å². The summed E-state index contributed by atoms with van der Waals surface area (Å²) < 4.78 is 46.8. The van der Waals surface area contributed by atoms with Crippen LogP contribution in [-0.2, 0) is 19.5 Å². The summed E-state index contributed by atoms with van der Waals surface area (Å²) in [6, 6.07) is 5.57. The van der Waals surface area contributed by atoms with Gasteiger partial charge >= 0.3 is 17.3 Å². The fourth-order valence-corrected chi connectivity index (χ4v) is 2.80. The topological polar surface area (TPSA) is 64.6 Å². The standard InChI is InChI=1S/C16H23BFNO4S/c1-15(2)16(3,4)23-17(22-15)13(11-19-5)10-12-6-8-14(9-7-12)24(18,20)21/h6-10,19H,11H2,1-5H3. The average molecular weight is 355 g/mol. The highest BCUT2D eigenvalue weighted by atomic mass is 32.3. The molecular formula is C16H23BFNO4S. The zero-order chi connectivity index (χ0) is 18.2. The lowest BCUT2D eigenvalue weighted by Crippen LogP contribution is -2.41. The molecule has 0 bridgehead atoms. The molecule has 1 saturated heterocycles. The Hall–Kier alpha value is -1.22. The first-order valence-electron chi connectivity index (χ1n) is 7.72. The van der Waals surface area contributed by atoms with E-state index in [1.165, 1.54) is 12.1 Å². The largest absolute Gasteiger partial charge is 0.491 e. The third-order valence-electron chi connectivity index (χ3n) is 4.45. The first-order chi connectivity index (χ1) is 11.0. The summed E-state index contributed by atoms with van der Waals surface area (Å²) in [5.41, 5.74) is 0.710. The molecule has 24 heavy (non-hydrogen) atoms. The molecule has 1 N–H and O–H groups in total. The summed E-state index contributed by atoms with van der Waals surface area (Å²) >= 11 is 0. The van der Waals surface area contributed by atoms with Crippen molar-refractivity contribution in [3.05, 3.63) is 35.3 Å². The molecule has 0 radical (unpaired) electrons. The zero-order valence-electron chi connectivity index (χ0n) is 14.6. The molecule has 0 unspecified atom stereocenters. The fourth-order valence-electron chi connectivity index (χ4n) is 2.34. The first kappa shape index (κ1) is 19.1. The minimum Gasteiger partial charge on any atom is -0.400 e. The summed E-state index contributed by atoms with van der Waals surface area (Å²) in [6.45, 7) is 8.45. The smallest absolute Gasteiger partial charge is 0.400 e. The van der Waals surface area contributed by atoms with Crippen molar-refractivity contribution in [1.82, 2.24) is 5.32 Å². The van der Waals surface area contributed by atoms with Crippen LogP contribution in [0.1, 0.15) is 33.3 Å². The minimum atomic E-state index is -4.69. The van der Waals surface area contributed by atoms with Gasteiger partial charge in [-0.1, -0.05) is 18.2 Å². The molecule has 2 rings (SSSR count). The summed E-state index contributed by atoms with van der Waals surface area (Å²) in [5.74, 6) is 0. The van der Waals surface area contributed by atoms with Gasteiger partial charge in [0.2, 0.25) is 0 Å². The Balaban J connectivity index is 2.30. The maximum Gasteiger partial charge on any atom is 0.491 e. The molecule has 1 fully saturated rings. The summed E-state index contributed by atoms with van der Waals surface area (Å²) in [7, 11) is -3.38. The van der Waals surface area contributed by atoms with Crippen molar-refractivity contribution in [3.63, 3.8) is 0 Å². The van der Waals surface area contributed by atoms with Crippen molar-refractivity contribution in [1.29, 1.82) is 0 Å². The van der Waals surface area contributed by atoms with Crippen LogP contribution in [0.2, 0.25) is 0 Å². The van der Waals surface area contributed by atoms with Gasteiger partial charge in [0.05, 0.1) is 16.1 Å². The maximum absolute atomic E-state index is 13.0. The highest BCUT2D eigenvalue weighted by molar-refractivity contribution is 7.86. The van der Waals surface area contributed by atoms with E-state index in [9.17, 15) is 12.3 Å². The summed E-state index contributed by atoms with van der Waals surface area (Å²) in [6.07, 6.45) is 1.85. The second-order valence-electron chi connectivity index (χ2n) is 6.84. The van der Waals surface area contributed by atoms with Gasteiger partial charge in [0.25, 0.3) is 0 Å². The van der Waals surface area contributed by atoms with Crippen LogP contribution in [0.5, 0.6) is 0 Å². The van der Waals surface area contributed by atoms with Gasteiger partial charge in [0, 0.05) is 6.54 Å². The number of likely N-dealkylation sites (N-methyl/N-ethyl adjacent to an activating group) is 1. The van der Waals surface area contributed by atoms with Gasteiger partial charge < -0.3 is 14.6 Å². The number of benzene rings is 1. The van der Waals surface area contributed by atoms with Gasteiger partial charge in [-0.05, 0) is 57.9 Å². The van der Waals surface area contributed by atoms with Crippen molar-refractivity contribution < 1.29 is 21.6 Å². The van der Waals surface area contributed by atoms with Gasteiger partial charge in [-0.3, -0.25) is 0 Å². The predicted octanol–water partition coefficient (Wildman–Crippen LogP) is 2.58. The molecule has 0 saturated carbocycles. The van der Waals surface area contributed by atoms with Crippen LogP contribution in [-0.4, -0.2) is 40.3 Å². The highest BCUT2D eigenvalue weighted by Gasteiger charge is 2.52. The number of halogens is 1. The molecule has 0 atom stereocenters. The average Bonchev–Trinajstić information content (AvgIpc) is 2.66. The molecule has 1 aliphatic heterocycles. The number of nitrogens with one attached hydrogen (secondary N) is 1. The lowest BCUT2D eigenvalue weighted by atomic mass is 9.77. The molecule has 1 aromatic carbocycles. The van der Waals surface area contributed by atoms with E-state index >= 15 is 0 Å². The molecule has 0 aromatic heterocycles. The molecule has 1 aliphatic rings. The number of hydrogen-bond acceptors (Lipinski definition) is 5. The Bertz CT molecular complexity index is 713. The van der Waals surface area contributed by atoms with Gasteiger partial charge in [-0.15, -0.1) is 3.89 Å². The highest BCUT2D eigenvalue weighted by Crippen LogP contribution is 2.38. The molecular weight excluding hydrogens is 332 g/mol. The van der Waals surface area contributed by atoms with E-state index in [0.717, 1.165) is 11.0 Å². The zero-order valence-corrected chi connectivity index (χ0v) is 15.4. The van der Waals surface area contributed by atoms with E-state index in [-0.39, 0.29) is 4.90 Å². The first-order valence-corrected chi connectivity index (χ1v) is 9.10. The van der Waals surface area contributed by atoms with Crippen LogP contribution < -0.4 is 5.32 Å². The maximum atomic E-state index is 13.0. The van der Waals surface area contributed by atoms with E-state index in [1.54, 1.807) is 12.1 Å². The van der Waals surface area contributed by atoms with E-state index in [4.69, 9.17) is 9.31 Å². The predicted molar refractivity (Wildman–Crippen MR) is 92.7 cm³/mol. The van der Waals surface area contributed by atoms with Gasteiger partial charge in [0.15, 0.2) is 0 Å². The Kier molecular flexibility index (Phi) is 5.25. The molecule has 0 aliphatic carbocycles. The van der Waals surface area contributed by atoms with E-state index in [2.05, 4.69) is 5.32 Å². The van der Waals surface area contributed by atoms with Crippen LogP contribution in [0.25, 0.3) is 6.08 Å². The van der Waals surface area contributed by atoms with Crippen LogP contribution >= 0.6 is 0 Å². The van der Waals surface area contributed by atoms with Crippen LogP contribution in [0.4, 0.5) is 3.89 Å². The van der Waals surface area contributed by atoms with Crippen molar-refractivity contribution in [2.24, 2.45) is 0 Å². The SMILES string of the molecule is CNCC(=Cc1ccc(S(=O)(=O)F)cc1)B1OC(C)(C)C(C)(C)O1. The lowest BCUT2D eigenvalue weighted by Gasteiger charge is -2.32. The monoisotopic (exact) mass is 355 g/mol. The second-order valence-corrected chi connectivity index (χ2v) is 8.19. The summed E-state index contributed by atoms with van der Waals surface area (Å²) in [4.78, 5) is -0.356. The normalized spacial score (nSPS) is 20.4. The van der Waals surface area contributed by atoms with E-state index < -0.39 is 28.5 Å². The van der Waals surface area contributed by atoms with E-state index in [1.807, 2.05) is 40.8 Å². The van der Waals surface area contributed by atoms with Crippen molar-refractivity contribution in [2.45, 2.75) is 43.8 Å². The van der Waals surface area contributed by atoms with Crippen LogP contribution in [0.3, 0.4) is 0 Å². The van der Waals surface area contributed by atoms with Gasteiger partial charge in [0.1, 0.15) is 0 Å². The lowest BCUT2D eigenvalue weighted by molar-refractivity contribution is 0.00578. The second kappa shape index (κ2) is 6.59. The molecule has 1 aromatic rings. The quantitative estimate of drug-likeness (QED) is 0.650. The third kappa shape index (κ3) is 4.06. The van der Waals surface area contributed by atoms with Crippen molar-refractivity contribution >= 4 is 23.4 Å². The van der Waals surface area contributed by atoms with Crippen LogP contribution in [0.15, 0.2) is 34.6 Å². The molecule has 8 heteroatoms. The molecule has 1 heterocycles. The Labute approximate surface area is 143 Å². The number of hydrogen-bond donors (Lipinski definition) is 1. The minimum absolute atomic E-state index is 0.356. The Morgan fingerprint density at radius 1 is 1.17 bits per heavy atom. The van der Waals surface area contributed by atoms with Crippen molar-refractivity contribution in [2.75, 3.05) is 13.6 Å². The fraction of sp³-hybridized carbons (Fsp3) is 0.500. The molecule has 5 nitrogen and oxygen atoms in total. The Morgan fingerprint density at radius 2 is 1.67 bits per heavy atom. The molecule has 0 spiro atoms. The van der Waals surface area contributed by atoms with Crippen LogP contribution in [0, 0.1) is 0 Å². The molecule has 132 valence electrons. The number of rotatable bonds is 5. The summed E-state index contributed by atoms with van der Waals surface area (Å²) in [5, 5.41) is 3.07. The third-order valence-corrected chi connectivity index (χ3v) is 5.29. The van der Waals surface area contributed by atoms with E-state index in [0.29, 0.717) is 6.54 Å².